The van der Waals surface area contributed by atoms with Gasteiger partial charge in [-0.05, 0) is 17.5 Å². The number of halogens is 3. The minimum Gasteiger partial charge on any atom is -0.382 e. The van der Waals surface area contributed by atoms with Gasteiger partial charge in [0, 0.05) is 13.7 Å². The second-order valence-corrected chi connectivity index (χ2v) is 4.42. The van der Waals surface area contributed by atoms with Crippen molar-refractivity contribution in [2.45, 2.75) is 18.6 Å². The van der Waals surface area contributed by atoms with Crippen molar-refractivity contribution < 1.29 is 22.7 Å². The number of hydrogen-bond acceptors (Lipinski definition) is 2. The van der Waals surface area contributed by atoms with Crippen LogP contribution in [0.3, 0.4) is 0 Å². The van der Waals surface area contributed by atoms with E-state index in [2.05, 4.69) is 0 Å². The number of nitrogens with zero attached hydrogens (tertiary/aromatic N) is 1. The van der Waals surface area contributed by atoms with Crippen LogP contribution in [0.25, 0.3) is 0 Å². The summed E-state index contributed by atoms with van der Waals surface area (Å²) in [4.78, 5) is 12.3. The zero-order valence-electron chi connectivity index (χ0n) is 10.4. The summed E-state index contributed by atoms with van der Waals surface area (Å²) in [5, 5.41) is 0. The van der Waals surface area contributed by atoms with E-state index in [1.165, 1.54) is 7.11 Å². The van der Waals surface area contributed by atoms with Gasteiger partial charge in [-0.3, -0.25) is 4.79 Å². The number of alkyl halides is 3. The van der Waals surface area contributed by atoms with Crippen LogP contribution in [0.15, 0.2) is 24.3 Å². The number of rotatable bonds is 2. The van der Waals surface area contributed by atoms with E-state index in [0.717, 1.165) is 16.0 Å². The Morgan fingerprint density at radius 3 is 2.74 bits per heavy atom. The fraction of sp³-hybridized carbons (Fsp3) is 0.462. The Morgan fingerprint density at radius 2 is 2.11 bits per heavy atom. The SMILES string of the molecule is COCC1c2ccccc2CCN1C(=O)C(F)(F)F. The average Bonchev–Trinajstić information content (AvgIpc) is 2.37. The summed E-state index contributed by atoms with van der Waals surface area (Å²) >= 11 is 0. The van der Waals surface area contributed by atoms with Gasteiger partial charge >= 0.3 is 12.1 Å². The van der Waals surface area contributed by atoms with Crippen LogP contribution in [0.4, 0.5) is 13.2 Å². The van der Waals surface area contributed by atoms with Crippen LogP contribution in [0, 0.1) is 0 Å². The van der Waals surface area contributed by atoms with Crippen molar-refractivity contribution >= 4 is 5.91 Å². The largest absolute Gasteiger partial charge is 0.471 e. The van der Waals surface area contributed by atoms with Gasteiger partial charge in [-0.1, -0.05) is 24.3 Å². The van der Waals surface area contributed by atoms with Gasteiger partial charge in [0.05, 0.1) is 12.6 Å². The molecule has 0 spiro atoms. The third kappa shape index (κ3) is 2.73. The first-order valence-electron chi connectivity index (χ1n) is 5.89. The fourth-order valence-electron chi connectivity index (χ4n) is 2.40. The molecule has 0 fully saturated rings. The third-order valence-electron chi connectivity index (χ3n) is 3.24. The molecule has 1 atom stereocenters. The molecule has 0 aromatic heterocycles. The second-order valence-electron chi connectivity index (χ2n) is 4.42. The Hall–Kier alpha value is -1.56. The summed E-state index contributed by atoms with van der Waals surface area (Å²) in [6.07, 6.45) is -4.42. The Balaban J connectivity index is 2.34. The third-order valence-corrected chi connectivity index (χ3v) is 3.24. The molecular weight excluding hydrogens is 259 g/mol. The number of benzene rings is 1. The van der Waals surface area contributed by atoms with Crippen LogP contribution in [-0.4, -0.2) is 37.2 Å². The van der Waals surface area contributed by atoms with Crippen molar-refractivity contribution in [1.29, 1.82) is 0 Å². The molecule has 0 saturated carbocycles. The fourth-order valence-corrected chi connectivity index (χ4v) is 2.40. The Kier molecular flexibility index (Phi) is 3.80. The van der Waals surface area contributed by atoms with Gasteiger partial charge in [0.15, 0.2) is 0 Å². The van der Waals surface area contributed by atoms with Crippen molar-refractivity contribution in [3.63, 3.8) is 0 Å². The van der Waals surface area contributed by atoms with E-state index in [1.54, 1.807) is 12.1 Å². The highest BCUT2D eigenvalue weighted by atomic mass is 19.4. The molecule has 3 nitrogen and oxygen atoms in total. The maximum atomic E-state index is 12.6. The topological polar surface area (TPSA) is 29.5 Å². The Bertz CT molecular complexity index is 473. The lowest BCUT2D eigenvalue weighted by Gasteiger charge is -2.37. The van der Waals surface area contributed by atoms with Crippen LogP contribution >= 0.6 is 0 Å². The van der Waals surface area contributed by atoms with Gasteiger partial charge < -0.3 is 9.64 Å². The highest BCUT2D eigenvalue weighted by Gasteiger charge is 2.46. The number of fused-ring (bicyclic) bond motifs is 1. The zero-order valence-corrected chi connectivity index (χ0v) is 10.4. The molecule has 1 heterocycles. The van der Waals surface area contributed by atoms with Gasteiger partial charge in [0.2, 0.25) is 0 Å². The Labute approximate surface area is 109 Å². The molecule has 0 N–H and O–H groups in total. The molecule has 0 saturated heterocycles. The van der Waals surface area contributed by atoms with Crippen molar-refractivity contribution in [1.82, 2.24) is 4.90 Å². The summed E-state index contributed by atoms with van der Waals surface area (Å²) in [6, 6.07) is 6.53. The quantitative estimate of drug-likeness (QED) is 0.827. The molecule has 1 unspecified atom stereocenters. The van der Waals surface area contributed by atoms with Crippen LogP contribution in [0.5, 0.6) is 0 Å². The number of hydrogen-bond donors (Lipinski definition) is 0. The summed E-state index contributed by atoms with van der Waals surface area (Å²) in [7, 11) is 1.41. The average molecular weight is 273 g/mol. The van der Waals surface area contributed by atoms with Gasteiger partial charge in [-0.2, -0.15) is 13.2 Å². The number of methoxy groups -OCH3 is 1. The monoisotopic (exact) mass is 273 g/mol. The lowest BCUT2D eigenvalue weighted by molar-refractivity contribution is -0.189. The van der Waals surface area contributed by atoms with Gasteiger partial charge in [0.25, 0.3) is 0 Å². The minimum absolute atomic E-state index is 0.0544. The normalized spacial score (nSPS) is 19.2. The number of carbonyl (C=O) groups excluding carboxylic acids is 1. The second kappa shape index (κ2) is 5.21. The standard InChI is InChI=1S/C13H14F3NO2/c1-19-8-11-10-5-3-2-4-9(10)6-7-17(11)12(18)13(14,15)16/h2-5,11H,6-8H2,1H3. The van der Waals surface area contributed by atoms with Crippen LogP contribution in [0.2, 0.25) is 0 Å². The summed E-state index contributed by atoms with van der Waals surface area (Å²) in [5.41, 5.74) is 1.70. The van der Waals surface area contributed by atoms with Crippen LogP contribution < -0.4 is 0 Å². The van der Waals surface area contributed by atoms with E-state index in [0.29, 0.717) is 6.42 Å². The molecule has 0 aliphatic carbocycles. The van der Waals surface area contributed by atoms with Crippen molar-refractivity contribution in [3.8, 4) is 0 Å². The lowest BCUT2D eigenvalue weighted by atomic mass is 9.93. The highest BCUT2D eigenvalue weighted by Crippen LogP contribution is 2.33. The van der Waals surface area contributed by atoms with E-state index in [1.807, 2.05) is 12.1 Å². The van der Waals surface area contributed by atoms with Gasteiger partial charge in [-0.25, -0.2) is 0 Å². The smallest absolute Gasteiger partial charge is 0.382 e. The number of ether oxygens (including phenoxy) is 1. The maximum absolute atomic E-state index is 12.6. The Morgan fingerprint density at radius 1 is 1.42 bits per heavy atom. The van der Waals surface area contributed by atoms with E-state index in [9.17, 15) is 18.0 Å². The molecule has 1 aromatic carbocycles. The molecule has 104 valence electrons. The molecule has 0 radical (unpaired) electrons. The molecule has 1 aromatic rings. The number of carbonyl (C=O) groups is 1. The predicted octanol–water partition coefficient (Wildman–Crippen LogP) is 2.32. The molecule has 2 rings (SSSR count). The molecule has 6 heteroatoms. The van der Waals surface area contributed by atoms with Crippen molar-refractivity contribution in [2.75, 3.05) is 20.3 Å². The molecule has 1 aliphatic rings. The van der Waals surface area contributed by atoms with E-state index < -0.39 is 18.1 Å². The van der Waals surface area contributed by atoms with E-state index in [4.69, 9.17) is 4.74 Å². The molecule has 1 aliphatic heterocycles. The first-order valence-corrected chi connectivity index (χ1v) is 5.89. The van der Waals surface area contributed by atoms with Crippen LogP contribution in [-0.2, 0) is 16.0 Å². The van der Waals surface area contributed by atoms with Crippen molar-refractivity contribution in [3.05, 3.63) is 35.4 Å². The summed E-state index contributed by atoms with van der Waals surface area (Å²) < 4.78 is 42.7. The van der Waals surface area contributed by atoms with Crippen LogP contribution in [0.1, 0.15) is 17.2 Å². The van der Waals surface area contributed by atoms with E-state index in [-0.39, 0.29) is 13.2 Å². The maximum Gasteiger partial charge on any atom is 0.471 e. The van der Waals surface area contributed by atoms with Crippen molar-refractivity contribution in [2.24, 2.45) is 0 Å². The molecular formula is C13H14F3NO2. The lowest BCUT2D eigenvalue weighted by Crippen LogP contribution is -2.47. The summed E-state index contributed by atoms with van der Waals surface area (Å²) in [5.74, 6) is -1.80. The summed E-state index contributed by atoms with van der Waals surface area (Å²) in [6.45, 7) is 0.113. The van der Waals surface area contributed by atoms with Gasteiger partial charge in [-0.15, -0.1) is 0 Å². The predicted molar refractivity (Wildman–Crippen MR) is 62.5 cm³/mol. The first-order chi connectivity index (χ1) is 8.95. The minimum atomic E-state index is -4.85. The first kappa shape index (κ1) is 13.9. The molecule has 1 amide bonds. The van der Waals surface area contributed by atoms with Gasteiger partial charge in [0.1, 0.15) is 0 Å². The van der Waals surface area contributed by atoms with E-state index >= 15 is 0 Å². The molecule has 0 bridgehead atoms. The highest BCUT2D eigenvalue weighted by molar-refractivity contribution is 5.82. The molecule has 19 heavy (non-hydrogen) atoms. The number of amides is 1. The zero-order chi connectivity index (χ0) is 14.0.